The Kier molecular flexibility index (Phi) is 4.95. The lowest BCUT2D eigenvalue weighted by atomic mass is 10.0. The van der Waals surface area contributed by atoms with Crippen LogP contribution >= 0.6 is 0 Å². The molecule has 17 heavy (non-hydrogen) atoms. The number of aliphatic hydroxyl groups excluding tert-OH is 1. The number of aliphatic hydroxyl groups is 1. The van der Waals surface area contributed by atoms with Crippen molar-refractivity contribution in [3.05, 3.63) is 30.1 Å². The van der Waals surface area contributed by atoms with Crippen molar-refractivity contribution in [2.75, 3.05) is 26.2 Å². The van der Waals surface area contributed by atoms with Gasteiger partial charge in [0.15, 0.2) is 0 Å². The molecule has 3 nitrogen and oxygen atoms in total. The number of rotatable bonds is 4. The molecule has 0 saturated carbocycles. The Bertz CT molecular complexity index is 307. The Balaban J connectivity index is 1.94. The van der Waals surface area contributed by atoms with Gasteiger partial charge >= 0.3 is 0 Å². The molecule has 1 unspecified atom stereocenters. The van der Waals surface area contributed by atoms with Gasteiger partial charge in [0.25, 0.3) is 0 Å². The minimum Gasteiger partial charge on any atom is -0.396 e. The van der Waals surface area contributed by atoms with Gasteiger partial charge in [0, 0.05) is 24.9 Å². The fourth-order valence-electron chi connectivity index (χ4n) is 2.53. The van der Waals surface area contributed by atoms with Gasteiger partial charge in [0.1, 0.15) is 0 Å². The van der Waals surface area contributed by atoms with Crippen LogP contribution in [-0.2, 0) is 0 Å². The predicted octanol–water partition coefficient (Wildman–Crippen LogP) is 2.03. The lowest BCUT2D eigenvalue weighted by Gasteiger charge is -2.25. The molecule has 94 valence electrons. The van der Waals surface area contributed by atoms with E-state index in [0.717, 1.165) is 6.54 Å². The van der Waals surface area contributed by atoms with Crippen LogP contribution in [0.3, 0.4) is 0 Å². The van der Waals surface area contributed by atoms with E-state index in [0.29, 0.717) is 0 Å². The Labute approximate surface area is 103 Å². The lowest BCUT2D eigenvalue weighted by Crippen LogP contribution is -2.31. The summed E-state index contributed by atoms with van der Waals surface area (Å²) in [6.45, 7) is 3.56. The van der Waals surface area contributed by atoms with Crippen LogP contribution in [-0.4, -0.2) is 41.2 Å². The van der Waals surface area contributed by atoms with Gasteiger partial charge in [-0.2, -0.15) is 0 Å². The summed E-state index contributed by atoms with van der Waals surface area (Å²) in [4.78, 5) is 6.52. The van der Waals surface area contributed by atoms with Gasteiger partial charge in [-0.1, -0.05) is 12.8 Å². The number of hydrogen-bond acceptors (Lipinski definition) is 3. The molecule has 2 heterocycles. The van der Waals surface area contributed by atoms with Gasteiger partial charge in [-0.25, -0.2) is 0 Å². The fraction of sp³-hybridized carbons (Fsp3) is 0.643. The van der Waals surface area contributed by atoms with Crippen LogP contribution in [0.4, 0.5) is 0 Å². The van der Waals surface area contributed by atoms with Crippen molar-refractivity contribution in [2.24, 2.45) is 0 Å². The van der Waals surface area contributed by atoms with Crippen molar-refractivity contribution >= 4 is 0 Å². The van der Waals surface area contributed by atoms with E-state index in [1.54, 1.807) is 12.4 Å². The van der Waals surface area contributed by atoms with Crippen molar-refractivity contribution < 1.29 is 5.11 Å². The van der Waals surface area contributed by atoms with E-state index in [1.165, 1.54) is 44.3 Å². The topological polar surface area (TPSA) is 36.4 Å². The standard InChI is InChI=1S/C14H22N2O/c17-12-14(13-5-7-15-8-6-13)11-16-9-3-1-2-4-10-16/h5-8,14,17H,1-4,9-12H2. The van der Waals surface area contributed by atoms with Crippen LogP contribution in [0.1, 0.15) is 37.2 Å². The van der Waals surface area contributed by atoms with Crippen LogP contribution in [0.25, 0.3) is 0 Å². The summed E-state index contributed by atoms with van der Waals surface area (Å²) in [6.07, 6.45) is 8.93. The molecular formula is C14H22N2O. The van der Waals surface area contributed by atoms with Crippen LogP contribution in [0.5, 0.6) is 0 Å². The summed E-state index contributed by atoms with van der Waals surface area (Å²) < 4.78 is 0. The third kappa shape index (κ3) is 3.79. The smallest absolute Gasteiger partial charge is 0.0512 e. The minimum absolute atomic E-state index is 0.223. The van der Waals surface area contributed by atoms with Gasteiger partial charge in [-0.3, -0.25) is 4.98 Å². The maximum atomic E-state index is 9.53. The van der Waals surface area contributed by atoms with Crippen molar-refractivity contribution in [2.45, 2.75) is 31.6 Å². The molecule has 1 N–H and O–H groups in total. The minimum atomic E-state index is 0.223. The van der Waals surface area contributed by atoms with E-state index in [-0.39, 0.29) is 12.5 Å². The van der Waals surface area contributed by atoms with E-state index in [1.807, 2.05) is 12.1 Å². The zero-order valence-electron chi connectivity index (χ0n) is 10.4. The molecule has 1 aliphatic heterocycles. The lowest BCUT2D eigenvalue weighted by molar-refractivity contribution is 0.203. The summed E-state index contributed by atoms with van der Waals surface area (Å²) in [5.74, 6) is 0.232. The van der Waals surface area contributed by atoms with Gasteiger partial charge in [-0.15, -0.1) is 0 Å². The maximum absolute atomic E-state index is 9.53. The highest BCUT2D eigenvalue weighted by Crippen LogP contribution is 2.18. The quantitative estimate of drug-likeness (QED) is 0.866. The largest absolute Gasteiger partial charge is 0.396 e. The van der Waals surface area contributed by atoms with Gasteiger partial charge in [-0.05, 0) is 43.6 Å². The number of likely N-dealkylation sites (tertiary alicyclic amines) is 1. The summed E-state index contributed by atoms with van der Waals surface area (Å²) in [6, 6.07) is 4.03. The normalized spacial score (nSPS) is 19.8. The number of nitrogens with zero attached hydrogens (tertiary/aromatic N) is 2. The summed E-state index contributed by atoms with van der Waals surface area (Å²) in [5, 5.41) is 9.53. The van der Waals surface area contributed by atoms with Gasteiger partial charge < -0.3 is 10.0 Å². The molecule has 0 radical (unpaired) electrons. The maximum Gasteiger partial charge on any atom is 0.0512 e. The van der Waals surface area contributed by atoms with Crippen molar-refractivity contribution in [3.63, 3.8) is 0 Å². The molecule has 1 aromatic heterocycles. The third-order valence-electron chi connectivity index (χ3n) is 3.58. The Morgan fingerprint density at radius 2 is 1.76 bits per heavy atom. The zero-order chi connectivity index (χ0) is 11.9. The molecule has 3 heteroatoms. The first kappa shape index (κ1) is 12.5. The molecular weight excluding hydrogens is 212 g/mol. The van der Waals surface area contributed by atoms with Gasteiger partial charge in [0.05, 0.1) is 6.61 Å². The summed E-state index contributed by atoms with van der Waals surface area (Å²) in [5.41, 5.74) is 1.20. The molecule has 1 saturated heterocycles. The van der Waals surface area contributed by atoms with E-state index in [4.69, 9.17) is 0 Å². The first-order chi connectivity index (χ1) is 8.40. The third-order valence-corrected chi connectivity index (χ3v) is 3.58. The second-order valence-electron chi connectivity index (χ2n) is 4.87. The SMILES string of the molecule is OCC(CN1CCCCCC1)c1ccncc1. The second-order valence-corrected chi connectivity index (χ2v) is 4.87. The zero-order valence-corrected chi connectivity index (χ0v) is 10.4. The highest BCUT2D eigenvalue weighted by Gasteiger charge is 2.16. The fourth-order valence-corrected chi connectivity index (χ4v) is 2.53. The molecule has 1 atom stereocenters. The predicted molar refractivity (Wildman–Crippen MR) is 69.0 cm³/mol. The van der Waals surface area contributed by atoms with Crippen LogP contribution in [0.2, 0.25) is 0 Å². The van der Waals surface area contributed by atoms with Crippen LogP contribution in [0, 0.1) is 0 Å². The Morgan fingerprint density at radius 1 is 1.12 bits per heavy atom. The first-order valence-electron chi connectivity index (χ1n) is 6.63. The monoisotopic (exact) mass is 234 g/mol. The average Bonchev–Trinajstić information content (AvgIpc) is 2.65. The Morgan fingerprint density at radius 3 is 2.35 bits per heavy atom. The van der Waals surface area contributed by atoms with E-state index < -0.39 is 0 Å². The van der Waals surface area contributed by atoms with Crippen molar-refractivity contribution in [1.82, 2.24) is 9.88 Å². The summed E-state index contributed by atoms with van der Waals surface area (Å²) >= 11 is 0. The number of aromatic nitrogens is 1. The van der Waals surface area contributed by atoms with Crippen LogP contribution in [0.15, 0.2) is 24.5 Å². The molecule has 1 fully saturated rings. The van der Waals surface area contributed by atoms with E-state index in [9.17, 15) is 5.11 Å². The van der Waals surface area contributed by atoms with Crippen molar-refractivity contribution in [1.29, 1.82) is 0 Å². The molecule has 1 aromatic rings. The van der Waals surface area contributed by atoms with E-state index >= 15 is 0 Å². The highest BCUT2D eigenvalue weighted by atomic mass is 16.3. The molecule has 0 spiro atoms. The highest BCUT2D eigenvalue weighted by molar-refractivity contribution is 5.16. The second kappa shape index (κ2) is 6.72. The molecule has 1 aliphatic rings. The molecule has 0 aliphatic carbocycles. The first-order valence-corrected chi connectivity index (χ1v) is 6.63. The Hall–Kier alpha value is -0.930. The number of pyridine rings is 1. The molecule has 0 aromatic carbocycles. The van der Waals surface area contributed by atoms with Crippen molar-refractivity contribution in [3.8, 4) is 0 Å². The van der Waals surface area contributed by atoms with Gasteiger partial charge in [0.2, 0.25) is 0 Å². The average molecular weight is 234 g/mol. The number of hydrogen-bond donors (Lipinski definition) is 1. The molecule has 0 amide bonds. The van der Waals surface area contributed by atoms with E-state index in [2.05, 4.69) is 9.88 Å². The molecule has 0 bridgehead atoms. The summed E-state index contributed by atoms with van der Waals surface area (Å²) in [7, 11) is 0. The van der Waals surface area contributed by atoms with Crippen LogP contribution < -0.4 is 0 Å². The molecule has 2 rings (SSSR count).